The summed E-state index contributed by atoms with van der Waals surface area (Å²) in [5, 5.41) is 41.7. The van der Waals surface area contributed by atoms with Gasteiger partial charge in [0.15, 0.2) is 0 Å². The average molecular weight is 260 g/mol. The molecule has 18 heavy (non-hydrogen) atoms. The van der Waals surface area contributed by atoms with Crippen molar-refractivity contribution in [2.24, 2.45) is 0 Å². The Hall–Kier alpha value is -0.730. The highest BCUT2D eigenvalue weighted by Crippen LogP contribution is 2.37. The SMILES string of the molecule is CC(=O)NC[C@@H]1[C@@H](O)[C@@H](O)[C@H]2[C@@H](O)C[C@H](CO)N21. The largest absolute Gasteiger partial charge is 0.395 e. The third-order valence-electron chi connectivity index (χ3n) is 3.92. The molecule has 0 aromatic heterocycles. The second-order valence-electron chi connectivity index (χ2n) is 5.06. The maximum atomic E-state index is 10.9. The fourth-order valence-electron chi connectivity index (χ4n) is 3.13. The van der Waals surface area contributed by atoms with Crippen molar-refractivity contribution in [1.82, 2.24) is 10.2 Å². The van der Waals surface area contributed by atoms with Gasteiger partial charge in [-0.1, -0.05) is 0 Å². The van der Waals surface area contributed by atoms with Gasteiger partial charge in [0.05, 0.1) is 37.0 Å². The molecule has 0 spiro atoms. The number of nitrogens with zero attached hydrogens (tertiary/aromatic N) is 1. The van der Waals surface area contributed by atoms with E-state index in [0.29, 0.717) is 6.42 Å². The van der Waals surface area contributed by atoms with Crippen LogP contribution in [0.2, 0.25) is 0 Å². The molecule has 2 saturated heterocycles. The van der Waals surface area contributed by atoms with E-state index in [1.165, 1.54) is 6.92 Å². The Kier molecular flexibility index (Phi) is 3.88. The number of nitrogens with one attached hydrogen (secondary N) is 1. The van der Waals surface area contributed by atoms with E-state index in [1.807, 2.05) is 0 Å². The number of amides is 1. The van der Waals surface area contributed by atoms with E-state index in [0.717, 1.165) is 0 Å². The Morgan fingerprint density at radius 1 is 1.33 bits per heavy atom. The van der Waals surface area contributed by atoms with Crippen LogP contribution in [0.3, 0.4) is 0 Å². The quantitative estimate of drug-likeness (QED) is 0.370. The Bertz CT molecular complexity index is 327. The lowest BCUT2D eigenvalue weighted by atomic mass is 10.0. The Balaban J connectivity index is 2.15. The molecule has 2 aliphatic rings. The summed E-state index contributed by atoms with van der Waals surface area (Å²) in [6.07, 6.45) is -2.50. The van der Waals surface area contributed by atoms with Gasteiger partial charge >= 0.3 is 0 Å². The molecule has 0 unspecified atom stereocenters. The smallest absolute Gasteiger partial charge is 0.216 e. The molecule has 0 saturated carbocycles. The van der Waals surface area contributed by atoms with Gasteiger partial charge in [-0.15, -0.1) is 0 Å². The van der Waals surface area contributed by atoms with Crippen molar-refractivity contribution in [3.63, 3.8) is 0 Å². The highest BCUT2D eigenvalue weighted by Gasteiger charge is 2.56. The molecule has 0 aromatic carbocycles. The molecule has 5 N–H and O–H groups in total. The zero-order chi connectivity index (χ0) is 13.4. The fourth-order valence-corrected chi connectivity index (χ4v) is 3.13. The van der Waals surface area contributed by atoms with E-state index in [4.69, 9.17) is 0 Å². The number of carbonyl (C=O) groups is 1. The summed E-state index contributed by atoms with van der Waals surface area (Å²) in [5.74, 6) is -0.222. The van der Waals surface area contributed by atoms with Crippen molar-refractivity contribution in [3.8, 4) is 0 Å². The van der Waals surface area contributed by atoms with E-state index in [-0.39, 0.29) is 25.1 Å². The maximum absolute atomic E-state index is 10.9. The summed E-state index contributed by atoms with van der Waals surface area (Å²) in [7, 11) is 0. The number of rotatable bonds is 3. The molecular weight excluding hydrogens is 240 g/mol. The van der Waals surface area contributed by atoms with Crippen LogP contribution in [0.15, 0.2) is 0 Å². The number of carbonyl (C=O) groups excluding carboxylic acids is 1. The number of hydrogen-bond donors (Lipinski definition) is 5. The molecule has 0 bridgehead atoms. The van der Waals surface area contributed by atoms with Gasteiger partial charge in [0, 0.05) is 19.5 Å². The summed E-state index contributed by atoms with van der Waals surface area (Å²) in [6, 6.07) is -1.35. The van der Waals surface area contributed by atoms with Crippen LogP contribution in [0.1, 0.15) is 13.3 Å². The predicted molar refractivity (Wildman–Crippen MR) is 61.6 cm³/mol. The lowest BCUT2D eigenvalue weighted by Gasteiger charge is -2.29. The van der Waals surface area contributed by atoms with Crippen LogP contribution in [0.5, 0.6) is 0 Å². The Morgan fingerprint density at radius 3 is 2.56 bits per heavy atom. The van der Waals surface area contributed by atoms with Crippen LogP contribution in [-0.4, -0.2) is 80.8 Å². The fraction of sp³-hybridized carbons (Fsp3) is 0.909. The molecule has 104 valence electrons. The molecule has 0 radical (unpaired) electrons. The molecule has 6 atom stereocenters. The van der Waals surface area contributed by atoms with E-state index in [9.17, 15) is 25.2 Å². The molecule has 2 rings (SSSR count). The molecule has 7 heteroatoms. The van der Waals surface area contributed by atoms with Gasteiger partial charge in [-0.25, -0.2) is 0 Å². The van der Waals surface area contributed by atoms with Gasteiger partial charge in [-0.2, -0.15) is 0 Å². The molecule has 0 aliphatic carbocycles. The van der Waals surface area contributed by atoms with Crippen molar-refractivity contribution in [1.29, 1.82) is 0 Å². The molecule has 1 amide bonds. The van der Waals surface area contributed by atoms with Gasteiger partial charge in [0.2, 0.25) is 5.91 Å². The van der Waals surface area contributed by atoms with Gasteiger partial charge in [0.1, 0.15) is 0 Å². The maximum Gasteiger partial charge on any atom is 0.216 e. The van der Waals surface area contributed by atoms with Crippen LogP contribution < -0.4 is 5.32 Å². The van der Waals surface area contributed by atoms with Crippen molar-refractivity contribution in [3.05, 3.63) is 0 Å². The minimum absolute atomic E-state index is 0.149. The van der Waals surface area contributed by atoms with E-state index < -0.39 is 30.4 Å². The molecule has 2 aliphatic heterocycles. The lowest BCUT2D eigenvalue weighted by Crippen LogP contribution is -2.49. The molecule has 2 heterocycles. The average Bonchev–Trinajstić information content (AvgIpc) is 2.76. The minimum atomic E-state index is -1.06. The molecule has 7 nitrogen and oxygen atoms in total. The Labute approximate surface area is 105 Å². The van der Waals surface area contributed by atoms with Gasteiger partial charge in [0.25, 0.3) is 0 Å². The normalized spacial score (nSPS) is 44.1. The van der Waals surface area contributed by atoms with Gasteiger partial charge in [-0.3, -0.25) is 9.69 Å². The summed E-state index contributed by atoms with van der Waals surface area (Å²) < 4.78 is 0. The van der Waals surface area contributed by atoms with Crippen LogP contribution in [0.4, 0.5) is 0 Å². The standard InChI is InChI=1S/C11H20N2O5/c1-5(15)12-3-7-10(17)11(18)9-8(16)2-6(4-14)13(7)9/h6-11,14,16-18H,2-4H2,1H3,(H,12,15)/t6-,7-,8+,9-,10-,11+/m1/s1. The van der Waals surface area contributed by atoms with E-state index in [2.05, 4.69) is 5.32 Å². The number of hydrogen-bond acceptors (Lipinski definition) is 6. The topological polar surface area (TPSA) is 113 Å². The van der Waals surface area contributed by atoms with Crippen LogP contribution in [0.25, 0.3) is 0 Å². The molecular formula is C11H20N2O5. The lowest BCUT2D eigenvalue weighted by molar-refractivity contribution is -0.119. The minimum Gasteiger partial charge on any atom is -0.395 e. The third-order valence-corrected chi connectivity index (χ3v) is 3.92. The highest BCUT2D eigenvalue weighted by molar-refractivity contribution is 5.72. The third kappa shape index (κ3) is 2.12. The van der Waals surface area contributed by atoms with Crippen LogP contribution in [-0.2, 0) is 4.79 Å². The van der Waals surface area contributed by atoms with E-state index in [1.54, 1.807) is 4.90 Å². The number of fused-ring (bicyclic) bond motifs is 1. The number of aliphatic hydroxyl groups excluding tert-OH is 4. The summed E-state index contributed by atoms with van der Waals surface area (Å²) in [4.78, 5) is 12.7. The first-order chi connectivity index (χ1) is 8.47. The zero-order valence-corrected chi connectivity index (χ0v) is 10.2. The van der Waals surface area contributed by atoms with Crippen molar-refractivity contribution >= 4 is 5.91 Å². The molecule has 2 fully saturated rings. The zero-order valence-electron chi connectivity index (χ0n) is 10.2. The van der Waals surface area contributed by atoms with Gasteiger partial charge in [-0.05, 0) is 6.42 Å². The Morgan fingerprint density at radius 2 is 2.00 bits per heavy atom. The first-order valence-corrected chi connectivity index (χ1v) is 6.14. The first kappa shape index (κ1) is 13.7. The van der Waals surface area contributed by atoms with Crippen molar-refractivity contribution in [2.75, 3.05) is 13.2 Å². The predicted octanol–water partition coefficient (Wildman–Crippen LogP) is -2.98. The van der Waals surface area contributed by atoms with Gasteiger partial charge < -0.3 is 25.7 Å². The molecule has 0 aromatic rings. The summed E-state index contributed by atoms with van der Waals surface area (Å²) in [6.45, 7) is 1.41. The summed E-state index contributed by atoms with van der Waals surface area (Å²) >= 11 is 0. The second kappa shape index (κ2) is 5.10. The van der Waals surface area contributed by atoms with E-state index >= 15 is 0 Å². The summed E-state index contributed by atoms with van der Waals surface area (Å²) in [5.41, 5.74) is 0. The first-order valence-electron chi connectivity index (χ1n) is 6.14. The monoisotopic (exact) mass is 260 g/mol. The van der Waals surface area contributed by atoms with Crippen LogP contribution in [0, 0.1) is 0 Å². The van der Waals surface area contributed by atoms with Crippen molar-refractivity contribution < 1.29 is 25.2 Å². The number of aliphatic hydroxyl groups is 4. The van der Waals surface area contributed by atoms with Crippen LogP contribution >= 0.6 is 0 Å². The van der Waals surface area contributed by atoms with Crippen molar-refractivity contribution in [2.45, 2.75) is 49.8 Å². The second-order valence-corrected chi connectivity index (χ2v) is 5.06. The highest BCUT2D eigenvalue weighted by atomic mass is 16.3.